The van der Waals surface area contributed by atoms with E-state index in [1.54, 1.807) is 4.74 Å². The highest BCUT2D eigenvalue weighted by molar-refractivity contribution is 7.87. The number of halogens is 13. The zero-order valence-electron chi connectivity index (χ0n) is 12.8. The van der Waals surface area contributed by atoms with Gasteiger partial charge in [-0.25, -0.2) is 13.5 Å². The third-order valence-corrected chi connectivity index (χ3v) is 3.85. The number of nitrogens with zero attached hydrogens (tertiary/aromatic N) is 1. The van der Waals surface area contributed by atoms with Gasteiger partial charge >= 0.3 is 39.3 Å². The number of nitro groups is 1. The summed E-state index contributed by atoms with van der Waals surface area (Å²) in [6, 6.07) is 0. The second kappa shape index (κ2) is 7.10. The van der Waals surface area contributed by atoms with Crippen LogP contribution in [-0.2, 0) is 20.9 Å². The summed E-state index contributed by atoms with van der Waals surface area (Å²) >= 11 is 0. The van der Waals surface area contributed by atoms with Gasteiger partial charge in [0.1, 0.15) is 5.56 Å². The van der Waals surface area contributed by atoms with Gasteiger partial charge in [-0.2, -0.15) is 52.3 Å². The molecular weight excluding hydrogens is 493 g/mol. The second-order valence-electron chi connectivity index (χ2n) is 4.90. The maximum absolute atomic E-state index is 13.7. The molecule has 0 saturated heterocycles. The van der Waals surface area contributed by atoms with Crippen LogP contribution in [-0.4, -0.2) is 30.8 Å². The minimum Gasteiger partial charge on any atom is -0.258 e. The molecule has 0 amide bonds. The third-order valence-electron chi connectivity index (χ3n) is 3.00. The van der Waals surface area contributed by atoms with E-state index in [2.05, 4.69) is 0 Å². The first-order chi connectivity index (χ1) is 13.0. The van der Waals surface area contributed by atoms with Crippen LogP contribution in [0.1, 0.15) is 5.56 Å². The normalized spacial score (nSPS) is 14.2. The molecule has 0 spiro atoms. The number of benzene rings is 1. The minimum atomic E-state index is -7.82. The monoisotopic (exact) mass is 493 g/mol. The van der Waals surface area contributed by atoms with Gasteiger partial charge in [0.05, 0.1) is 4.92 Å². The van der Waals surface area contributed by atoms with E-state index < -0.39 is 73.1 Å². The molecule has 0 heterocycles. The molecule has 0 aliphatic heterocycles. The summed E-state index contributed by atoms with van der Waals surface area (Å²) in [5.74, 6) is -21.0. The molecule has 0 aromatic heterocycles. The largest absolute Gasteiger partial charge is 0.464 e. The molecular formula is C10F13NO5S. The topological polar surface area (TPSA) is 86.5 Å². The molecule has 0 saturated carbocycles. The van der Waals surface area contributed by atoms with Crippen LogP contribution < -0.4 is 0 Å². The molecule has 1 aromatic rings. The Bertz CT molecular complexity index is 964. The Balaban J connectivity index is 3.71. The number of rotatable bonds is 7. The van der Waals surface area contributed by atoms with Gasteiger partial charge in [0, 0.05) is 0 Å². The molecule has 6 nitrogen and oxygen atoms in total. The van der Waals surface area contributed by atoms with Crippen LogP contribution in [0, 0.1) is 33.4 Å². The van der Waals surface area contributed by atoms with Crippen molar-refractivity contribution in [3.05, 3.63) is 38.9 Å². The Hall–Kier alpha value is -2.38. The molecule has 0 unspecified atom stereocenters. The van der Waals surface area contributed by atoms with E-state index in [4.69, 9.17) is 0 Å². The Morgan fingerprint density at radius 3 is 1.43 bits per heavy atom. The summed E-state index contributed by atoms with van der Waals surface area (Å²) < 4.78 is 193. The van der Waals surface area contributed by atoms with Gasteiger partial charge in [-0.1, -0.05) is 3.89 Å². The van der Waals surface area contributed by atoms with Gasteiger partial charge in [0.15, 0.2) is 11.6 Å². The molecule has 0 aliphatic rings. The van der Waals surface area contributed by atoms with Crippen molar-refractivity contribution in [2.75, 3.05) is 0 Å². The van der Waals surface area contributed by atoms with E-state index in [0.29, 0.717) is 0 Å². The fourth-order valence-electron chi connectivity index (χ4n) is 1.63. The average Bonchev–Trinajstić information content (AvgIpc) is 2.50. The van der Waals surface area contributed by atoms with Crippen molar-refractivity contribution in [1.82, 2.24) is 0 Å². The first-order valence-electron chi connectivity index (χ1n) is 6.21. The number of nitro benzene ring substituents is 1. The van der Waals surface area contributed by atoms with E-state index in [0.717, 1.165) is 0 Å². The Kier molecular flexibility index (Phi) is 6.07. The SMILES string of the molecule is O=[N+]([O-])c1c(F)c(F)c(C(F)(F)C(F)(F)OC(F)(F)C(F)(F)S(=O)(=O)F)c(F)c1F. The lowest BCUT2D eigenvalue weighted by Crippen LogP contribution is -2.54. The molecule has 0 radical (unpaired) electrons. The van der Waals surface area contributed by atoms with E-state index in [1.165, 1.54) is 0 Å². The lowest BCUT2D eigenvalue weighted by molar-refractivity contribution is -0.460. The summed E-state index contributed by atoms with van der Waals surface area (Å²) in [5, 5.41) is 2.99. The molecule has 172 valence electrons. The van der Waals surface area contributed by atoms with Crippen LogP contribution in [0.4, 0.5) is 62.3 Å². The maximum Gasteiger partial charge on any atom is 0.464 e. The van der Waals surface area contributed by atoms with Crippen molar-refractivity contribution in [3.8, 4) is 0 Å². The molecule has 1 rings (SSSR count). The molecule has 0 atom stereocenters. The second-order valence-corrected chi connectivity index (χ2v) is 6.29. The highest BCUT2D eigenvalue weighted by atomic mass is 32.3. The number of hydrogen-bond acceptors (Lipinski definition) is 5. The van der Waals surface area contributed by atoms with Crippen LogP contribution in [0.25, 0.3) is 0 Å². The summed E-state index contributed by atoms with van der Waals surface area (Å²) in [4.78, 5) is 8.01. The van der Waals surface area contributed by atoms with Crippen LogP contribution >= 0.6 is 0 Å². The summed E-state index contributed by atoms with van der Waals surface area (Å²) in [5.41, 5.74) is -6.66. The Morgan fingerprint density at radius 1 is 0.767 bits per heavy atom. The number of ether oxygens (including phenoxy) is 1. The smallest absolute Gasteiger partial charge is 0.258 e. The van der Waals surface area contributed by atoms with Crippen molar-refractivity contribution in [3.63, 3.8) is 0 Å². The zero-order valence-corrected chi connectivity index (χ0v) is 13.6. The molecule has 20 heteroatoms. The van der Waals surface area contributed by atoms with E-state index in [1.807, 2.05) is 0 Å². The standard InChI is InChI=1S/C10F13NO5S/c11-2-1(3(12)5(14)6(4(2)13)24(25)26)7(15,16)8(17,18)29-9(19,20)10(21,22)30(23,27)28. The van der Waals surface area contributed by atoms with Gasteiger partial charge in [-0.15, -0.1) is 0 Å². The van der Waals surface area contributed by atoms with E-state index in [9.17, 15) is 75.1 Å². The molecule has 1 aromatic carbocycles. The van der Waals surface area contributed by atoms with Gasteiger partial charge in [0.25, 0.3) is 0 Å². The maximum atomic E-state index is 13.7. The van der Waals surface area contributed by atoms with Crippen molar-refractivity contribution in [2.45, 2.75) is 23.4 Å². The number of alkyl halides is 8. The van der Waals surface area contributed by atoms with Gasteiger partial charge in [-0.3, -0.25) is 10.1 Å². The molecule has 0 bridgehead atoms. The fourth-order valence-corrected chi connectivity index (χ4v) is 1.95. The van der Waals surface area contributed by atoms with Gasteiger partial charge in [-0.05, 0) is 0 Å². The van der Waals surface area contributed by atoms with Crippen LogP contribution in [0.15, 0.2) is 0 Å². The lowest BCUT2D eigenvalue weighted by atomic mass is 10.0. The molecule has 0 N–H and O–H groups in total. The van der Waals surface area contributed by atoms with Crippen LogP contribution in [0.3, 0.4) is 0 Å². The zero-order chi connectivity index (χ0) is 24.2. The highest BCUT2D eigenvalue weighted by Crippen LogP contribution is 2.52. The molecule has 30 heavy (non-hydrogen) atoms. The third kappa shape index (κ3) is 3.72. The summed E-state index contributed by atoms with van der Waals surface area (Å²) in [6.07, 6.45) is -14.7. The fraction of sp³-hybridized carbons (Fsp3) is 0.400. The van der Waals surface area contributed by atoms with Crippen LogP contribution in [0.5, 0.6) is 0 Å². The van der Waals surface area contributed by atoms with Crippen molar-refractivity contribution in [1.29, 1.82) is 0 Å². The lowest BCUT2D eigenvalue weighted by Gasteiger charge is -2.31. The first kappa shape index (κ1) is 25.7. The Morgan fingerprint density at radius 2 is 1.13 bits per heavy atom. The van der Waals surface area contributed by atoms with Gasteiger partial charge < -0.3 is 0 Å². The molecule has 0 aliphatic carbocycles. The first-order valence-corrected chi connectivity index (χ1v) is 7.59. The van der Waals surface area contributed by atoms with E-state index >= 15 is 0 Å². The van der Waals surface area contributed by atoms with Crippen LogP contribution in [0.2, 0.25) is 0 Å². The van der Waals surface area contributed by atoms with Crippen molar-refractivity contribution < 1.29 is 74.6 Å². The quantitative estimate of drug-likeness (QED) is 0.186. The minimum absolute atomic E-state index is 1.61. The highest BCUT2D eigenvalue weighted by Gasteiger charge is 2.75. The van der Waals surface area contributed by atoms with Crippen molar-refractivity contribution >= 4 is 15.9 Å². The van der Waals surface area contributed by atoms with Crippen molar-refractivity contribution in [2.24, 2.45) is 0 Å². The average molecular weight is 493 g/mol. The summed E-state index contributed by atoms with van der Waals surface area (Å²) in [6.45, 7) is 0. The predicted octanol–water partition coefficient (Wildman–Crippen LogP) is 4.34. The summed E-state index contributed by atoms with van der Waals surface area (Å²) in [7, 11) is -7.82. The van der Waals surface area contributed by atoms with Gasteiger partial charge in [0.2, 0.25) is 11.6 Å². The van der Waals surface area contributed by atoms with E-state index in [-0.39, 0.29) is 0 Å². The molecule has 0 fully saturated rings. The predicted molar refractivity (Wildman–Crippen MR) is 62.8 cm³/mol. The Labute approximate surface area is 154 Å². The number of hydrogen-bond donors (Lipinski definition) is 0.